The van der Waals surface area contributed by atoms with Crippen molar-refractivity contribution in [2.75, 3.05) is 6.54 Å². The van der Waals surface area contributed by atoms with Crippen molar-refractivity contribution in [3.05, 3.63) is 0 Å². The van der Waals surface area contributed by atoms with Gasteiger partial charge in [-0.1, -0.05) is 41.5 Å². The quantitative estimate of drug-likeness (QED) is 0.688. The average Bonchev–Trinajstić information content (AvgIpc) is 2.68. The average molecular weight is 225 g/mol. The van der Waals surface area contributed by atoms with E-state index in [1.807, 2.05) is 0 Å². The first-order valence-electron chi connectivity index (χ1n) is 7.04. The first-order chi connectivity index (χ1) is 7.31. The van der Waals surface area contributed by atoms with E-state index in [0.29, 0.717) is 5.41 Å². The summed E-state index contributed by atoms with van der Waals surface area (Å²) in [5, 5.41) is 3.80. The zero-order chi connectivity index (χ0) is 12.3. The van der Waals surface area contributed by atoms with Gasteiger partial charge in [0.25, 0.3) is 0 Å². The summed E-state index contributed by atoms with van der Waals surface area (Å²) in [5.41, 5.74) is 0.618. The lowest BCUT2D eigenvalue weighted by Gasteiger charge is -2.23. The second-order valence-corrected chi connectivity index (χ2v) is 7.25. The van der Waals surface area contributed by atoms with Gasteiger partial charge in [-0.25, -0.2) is 0 Å². The van der Waals surface area contributed by atoms with Gasteiger partial charge in [0.15, 0.2) is 0 Å². The van der Waals surface area contributed by atoms with Crippen LogP contribution in [0.4, 0.5) is 0 Å². The van der Waals surface area contributed by atoms with Gasteiger partial charge in [-0.3, -0.25) is 0 Å². The molecule has 0 radical (unpaired) electrons. The zero-order valence-electron chi connectivity index (χ0n) is 12.1. The van der Waals surface area contributed by atoms with Gasteiger partial charge in [-0.05, 0) is 49.0 Å². The Hall–Kier alpha value is -0.0400. The Bertz CT molecular complexity index is 195. The molecule has 0 aromatic rings. The van der Waals surface area contributed by atoms with Crippen LogP contribution < -0.4 is 5.32 Å². The van der Waals surface area contributed by atoms with Crippen molar-refractivity contribution in [3.63, 3.8) is 0 Å². The monoisotopic (exact) mass is 225 g/mol. The first-order valence-corrected chi connectivity index (χ1v) is 7.04. The van der Waals surface area contributed by atoms with Gasteiger partial charge < -0.3 is 5.32 Å². The summed E-state index contributed by atoms with van der Waals surface area (Å²) in [5.74, 6) is 2.54. The fourth-order valence-corrected chi connectivity index (χ4v) is 2.63. The lowest BCUT2D eigenvalue weighted by atomic mass is 9.95. The van der Waals surface area contributed by atoms with Crippen LogP contribution in [0.1, 0.15) is 60.8 Å². The molecule has 1 saturated carbocycles. The minimum atomic E-state index is 0.618. The maximum Gasteiger partial charge on any atom is 0.00720 e. The fraction of sp³-hybridized carbons (Fsp3) is 1.00. The van der Waals surface area contributed by atoms with Gasteiger partial charge in [0, 0.05) is 6.04 Å². The first kappa shape index (κ1) is 14.0. The molecule has 1 atom stereocenters. The molecule has 1 nitrogen and oxygen atoms in total. The molecule has 0 heterocycles. The Kier molecular flexibility index (Phi) is 4.85. The van der Waals surface area contributed by atoms with Crippen LogP contribution >= 0.6 is 0 Å². The molecule has 0 amide bonds. The van der Waals surface area contributed by atoms with Crippen LogP contribution in [0.3, 0.4) is 0 Å². The van der Waals surface area contributed by atoms with Crippen LogP contribution in [-0.4, -0.2) is 12.6 Å². The van der Waals surface area contributed by atoms with E-state index in [2.05, 4.69) is 46.9 Å². The number of rotatable bonds is 7. The fourth-order valence-electron chi connectivity index (χ4n) is 2.63. The molecule has 1 N–H and O–H groups in total. The summed E-state index contributed by atoms with van der Waals surface area (Å²) >= 11 is 0. The number of hydrogen-bond donors (Lipinski definition) is 1. The molecule has 1 fully saturated rings. The van der Waals surface area contributed by atoms with E-state index in [0.717, 1.165) is 23.8 Å². The van der Waals surface area contributed by atoms with Crippen molar-refractivity contribution < 1.29 is 0 Å². The van der Waals surface area contributed by atoms with Crippen molar-refractivity contribution in [3.8, 4) is 0 Å². The highest BCUT2D eigenvalue weighted by atomic mass is 14.9. The minimum Gasteiger partial charge on any atom is -0.314 e. The van der Waals surface area contributed by atoms with E-state index in [1.165, 1.54) is 25.8 Å². The summed E-state index contributed by atoms with van der Waals surface area (Å²) in [6, 6.07) is 0.733. The molecule has 0 aromatic heterocycles. The number of nitrogens with one attached hydrogen (secondary N) is 1. The van der Waals surface area contributed by atoms with Crippen molar-refractivity contribution in [1.29, 1.82) is 0 Å². The van der Waals surface area contributed by atoms with Gasteiger partial charge >= 0.3 is 0 Å². The molecule has 1 heteroatoms. The van der Waals surface area contributed by atoms with Gasteiger partial charge in [-0.15, -0.1) is 0 Å². The largest absolute Gasteiger partial charge is 0.314 e. The Balaban J connectivity index is 2.27. The molecule has 1 aliphatic rings. The van der Waals surface area contributed by atoms with Gasteiger partial charge in [0.2, 0.25) is 0 Å². The van der Waals surface area contributed by atoms with Crippen molar-refractivity contribution in [2.45, 2.75) is 66.8 Å². The van der Waals surface area contributed by atoms with E-state index >= 15 is 0 Å². The van der Waals surface area contributed by atoms with Crippen LogP contribution in [0, 0.1) is 23.2 Å². The van der Waals surface area contributed by atoms with Crippen LogP contribution in [0.15, 0.2) is 0 Å². The van der Waals surface area contributed by atoms with Crippen molar-refractivity contribution in [1.82, 2.24) is 5.32 Å². The van der Waals surface area contributed by atoms with Gasteiger partial charge in [0.1, 0.15) is 0 Å². The molecule has 0 saturated heterocycles. The summed E-state index contributed by atoms with van der Waals surface area (Å²) in [6.45, 7) is 15.3. The molecule has 0 spiro atoms. The Morgan fingerprint density at radius 3 is 1.81 bits per heavy atom. The van der Waals surface area contributed by atoms with E-state index in [4.69, 9.17) is 0 Å². The molecule has 0 aromatic carbocycles. The summed E-state index contributed by atoms with van der Waals surface area (Å²) in [7, 11) is 0. The highest BCUT2D eigenvalue weighted by molar-refractivity contribution is 4.96. The van der Waals surface area contributed by atoms with Gasteiger partial charge in [-0.2, -0.15) is 0 Å². The molecular weight excluding hydrogens is 194 g/mol. The predicted octanol–water partition coefficient (Wildman–Crippen LogP) is 4.08. The molecule has 0 aliphatic heterocycles. The maximum absolute atomic E-state index is 3.80. The van der Waals surface area contributed by atoms with E-state index in [1.54, 1.807) is 0 Å². The normalized spacial score (nSPS) is 23.4. The molecule has 0 bridgehead atoms. The summed E-state index contributed by atoms with van der Waals surface area (Å²) in [4.78, 5) is 0. The molecule has 1 rings (SSSR count). The van der Waals surface area contributed by atoms with Crippen molar-refractivity contribution >= 4 is 0 Å². The van der Waals surface area contributed by atoms with Crippen LogP contribution in [0.25, 0.3) is 0 Å². The van der Waals surface area contributed by atoms with Gasteiger partial charge in [0.05, 0.1) is 0 Å². The smallest absolute Gasteiger partial charge is 0.00720 e. The molecular formula is C15H31N. The second-order valence-electron chi connectivity index (χ2n) is 7.25. The minimum absolute atomic E-state index is 0.618. The predicted molar refractivity (Wildman–Crippen MR) is 72.6 cm³/mol. The lowest BCUT2D eigenvalue weighted by molar-refractivity contribution is 0.348. The molecule has 1 aliphatic carbocycles. The maximum atomic E-state index is 3.80. The van der Waals surface area contributed by atoms with Crippen molar-refractivity contribution in [2.24, 2.45) is 23.2 Å². The van der Waals surface area contributed by atoms with E-state index < -0.39 is 0 Å². The van der Waals surface area contributed by atoms with Crippen LogP contribution in [0.2, 0.25) is 0 Å². The summed E-state index contributed by atoms with van der Waals surface area (Å²) < 4.78 is 0. The van der Waals surface area contributed by atoms with E-state index in [9.17, 15) is 0 Å². The third-order valence-corrected chi connectivity index (χ3v) is 3.88. The lowest BCUT2D eigenvalue weighted by Crippen LogP contribution is -2.33. The highest BCUT2D eigenvalue weighted by Crippen LogP contribution is 2.51. The standard InChI is InChI=1S/C15H31N/c1-11(2)7-14(8-12(3)4)16-10-13-9-15(13,5)6/h11-14,16H,7-10H2,1-6H3. The van der Waals surface area contributed by atoms with Crippen LogP contribution in [0.5, 0.6) is 0 Å². The Morgan fingerprint density at radius 1 is 1.06 bits per heavy atom. The molecule has 16 heavy (non-hydrogen) atoms. The highest BCUT2D eigenvalue weighted by Gasteiger charge is 2.45. The van der Waals surface area contributed by atoms with E-state index in [-0.39, 0.29) is 0 Å². The number of hydrogen-bond acceptors (Lipinski definition) is 1. The molecule has 1 unspecified atom stereocenters. The molecule has 96 valence electrons. The SMILES string of the molecule is CC(C)CC(CC(C)C)NCC1CC1(C)C. The topological polar surface area (TPSA) is 12.0 Å². The second kappa shape index (κ2) is 5.53. The van der Waals surface area contributed by atoms with Crippen LogP contribution in [-0.2, 0) is 0 Å². The summed E-state index contributed by atoms with van der Waals surface area (Å²) in [6.07, 6.45) is 4.06. The third kappa shape index (κ3) is 4.86. The Labute approximate surface area is 102 Å². The Morgan fingerprint density at radius 2 is 1.50 bits per heavy atom. The zero-order valence-corrected chi connectivity index (χ0v) is 12.1. The third-order valence-electron chi connectivity index (χ3n) is 3.88.